The predicted molar refractivity (Wildman–Crippen MR) is 57.9 cm³/mol. The Bertz CT molecular complexity index is 328. The molecule has 1 rings (SSSR count). The monoisotopic (exact) mass is 243 g/mol. The van der Waals surface area contributed by atoms with Gasteiger partial charge in [-0.25, -0.2) is 4.79 Å². The van der Waals surface area contributed by atoms with Gasteiger partial charge in [0, 0.05) is 13.5 Å². The molecule has 2 unspecified atom stereocenters. The zero-order chi connectivity index (χ0) is 13.0. The molecule has 0 aromatic heterocycles. The van der Waals surface area contributed by atoms with E-state index in [-0.39, 0.29) is 5.91 Å². The summed E-state index contributed by atoms with van der Waals surface area (Å²) in [7, 11) is 2.51. The number of nitrogens with zero attached hydrogens (tertiary/aromatic N) is 1. The van der Waals surface area contributed by atoms with E-state index in [2.05, 4.69) is 9.47 Å². The topological polar surface area (TPSA) is 72.9 Å². The van der Waals surface area contributed by atoms with Gasteiger partial charge in [-0.15, -0.1) is 0 Å². The summed E-state index contributed by atoms with van der Waals surface area (Å²) in [6.45, 7) is 1.83. The molecule has 17 heavy (non-hydrogen) atoms. The van der Waals surface area contributed by atoms with Crippen LogP contribution in [0, 0.1) is 5.92 Å². The van der Waals surface area contributed by atoms with Crippen LogP contribution in [0.1, 0.15) is 19.8 Å². The molecule has 0 radical (unpaired) electrons. The van der Waals surface area contributed by atoms with Crippen LogP contribution >= 0.6 is 0 Å². The molecule has 0 saturated carbocycles. The van der Waals surface area contributed by atoms with Gasteiger partial charge in [0.25, 0.3) is 0 Å². The molecule has 1 saturated heterocycles. The highest BCUT2D eigenvalue weighted by Gasteiger charge is 2.43. The second kappa shape index (κ2) is 5.65. The summed E-state index contributed by atoms with van der Waals surface area (Å²) in [5.41, 5.74) is 0. The fourth-order valence-corrected chi connectivity index (χ4v) is 2.16. The number of likely N-dealkylation sites (tertiary alicyclic amines) is 1. The van der Waals surface area contributed by atoms with Crippen LogP contribution in [0.15, 0.2) is 0 Å². The molecule has 1 fully saturated rings. The summed E-state index contributed by atoms with van der Waals surface area (Å²) >= 11 is 0. The Hall–Kier alpha value is -1.59. The molecule has 1 heterocycles. The van der Waals surface area contributed by atoms with E-state index >= 15 is 0 Å². The van der Waals surface area contributed by atoms with Crippen LogP contribution in [-0.4, -0.2) is 49.6 Å². The third-order valence-corrected chi connectivity index (χ3v) is 2.98. The van der Waals surface area contributed by atoms with Crippen molar-refractivity contribution in [3.05, 3.63) is 0 Å². The van der Waals surface area contributed by atoms with Crippen LogP contribution in [0.4, 0.5) is 0 Å². The van der Waals surface area contributed by atoms with Gasteiger partial charge in [0.2, 0.25) is 5.91 Å². The lowest BCUT2D eigenvalue weighted by atomic mass is 9.89. The highest BCUT2D eigenvalue weighted by atomic mass is 16.5. The first-order valence-corrected chi connectivity index (χ1v) is 5.45. The zero-order valence-electron chi connectivity index (χ0n) is 10.3. The zero-order valence-corrected chi connectivity index (χ0v) is 10.3. The molecule has 1 aliphatic heterocycles. The molecule has 0 aliphatic carbocycles. The standard InChI is InChI=1S/C11H17NO5/c1-7(13)12-6-4-5-8(10(14)16-2)9(12)11(15)17-3/h8-9H,4-6H2,1-3H3. The third-order valence-electron chi connectivity index (χ3n) is 2.98. The largest absolute Gasteiger partial charge is 0.469 e. The van der Waals surface area contributed by atoms with Crippen molar-refractivity contribution < 1.29 is 23.9 Å². The van der Waals surface area contributed by atoms with Crippen LogP contribution in [0.25, 0.3) is 0 Å². The fraction of sp³-hybridized carbons (Fsp3) is 0.727. The van der Waals surface area contributed by atoms with E-state index < -0.39 is 23.9 Å². The average Bonchev–Trinajstić information content (AvgIpc) is 2.35. The highest BCUT2D eigenvalue weighted by molar-refractivity contribution is 5.89. The number of esters is 2. The van der Waals surface area contributed by atoms with Crippen molar-refractivity contribution >= 4 is 17.8 Å². The van der Waals surface area contributed by atoms with Crippen LogP contribution in [0.2, 0.25) is 0 Å². The number of carbonyl (C=O) groups is 3. The number of piperidine rings is 1. The minimum Gasteiger partial charge on any atom is -0.469 e. The fourth-order valence-electron chi connectivity index (χ4n) is 2.16. The van der Waals surface area contributed by atoms with Gasteiger partial charge in [0.05, 0.1) is 20.1 Å². The van der Waals surface area contributed by atoms with Gasteiger partial charge in [0.1, 0.15) is 6.04 Å². The van der Waals surface area contributed by atoms with Crippen LogP contribution in [0.3, 0.4) is 0 Å². The predicted octanol–water partition coefficient (Wildman–Crippen LogP) is -0.0405. The van der Waals surface area contributed by atoms with Gasteiger partial charge in [-0.2, -0.15) is 0 Å². The maximum atomic E-state index is 11.7. The highest BCUT2D eigenvalue weighted by Crippen LogP contribution is 2.25. The molecular formula is C11H17NO5. The molecule has 0 aromatic rings. The molecule has 6 heteroatoms. The maximum Gasteiger partial charge on any atom is 0.329 e. The van der Waals surface area contributed by atoms with E-state index in [4.69, 9.17) is 0 Å². The summed E-state index contributed by atoms with van der Waals surface area (Å²) in [6, 6.07) is -0.862. The van der Waals surface area contributed by atoms with Gasteiger partial charge in [-0.3, -0.25) is 9.59 Å². The number of hydrogen-bond donors (Lipinski definition) is 0. The minimum atomic E-state index is -0.862. The number of amides is 1. The molecule has 1 aliphatic rings. The summed E-state index contributed by atoms with van der Waals surface area (Å²) in [6.07, 6.45) is 1.20. The Balaban J connectivity index is 2.98. The van der Waals surface area contributed by atoms with Gasteiger partial charge in [-0.1, -0.05) is 0 Å². The van der Waals surface area contributed by atoms with Crippen molar-refractivity contribution in [1.82, 2.24) is 4.90 Å². The van der Waals surface area contributed by atoms with E-state index in [0.29, 0.717) is 19.4 Å². The van der Waals surface area contributed by atoms with Gasteiger partial charge in [0.15, 0.2) is 0 Å². The lowest BCUT2D eigenvalue weighted by molar-refractivity contribution is -0.165. The van der Waals surface area contributed by atoms with Crippen molar-refractivity contribution in [3.63, 3.8) is 0 Å². The maximum absolute atomic E-state index is 11.7. The van der Waals surface area contributed by atoms with Crippen LogP contribution < -0.4 is 0 Å². The minimum absolute atomic E-state index is 0.242. The van der Waals surface area contributed by atoms with Crippen molar-refractivity contribution in [2.45, 2.75) is 25.8 Å². The molecule has 0 bridgehead atoms. The molecule has 0 N–H and O–H groups in total. The Kier molecular flexibility index (Phi) is 4.48. The summed E-state index contributed by atoms with van der Waals surface area (Å²) in [5, 5.41) is 0. The molecule has 0 aromatic carbocycles. The smallest absolute Gasteiger partial charge is 0.329 e. The summed E-state index contributed by atoms with van der Waals surface area (Å²) < 4.78 is 9.31. The van der Waals surface area contributed by atoms with Crippen LogP contribution in [0.5, 0.6) is 0 Å². The Morgan fingerprint density at radius 3 is 2.18 bits per heavy atom. The van der Waals surface area contributed by atoms with Crippen LogP contribution in [-0.2, 0) is 23.9 Å². The second-order valence-electron chi connectivity index (χ2n) is 3.95. The lowest BCUT2D eigenvalue weighted by Crippen LogP contribution is -2.54. The summed E-state index contributed by atoms with van der Waals surface area (Å²) in [4.78, 5) is 36.1. The molecule has 96 valence electrons. The number of methoxy groups -OCH3 is 2. The molecule has 0 spiro atoms. The van der Waals surface area contributed by atoms with Gasteiger partial charge < -0.3 is 14.4 Å². The first kappa shape index (κ1) is 13.5. The normalized spacial score (nSPS) is 24.1. The second-order valence-corrected chi connectivity index (χ2v) is 3.95. The van der Waals surface area contributed by atoms with E-state index in [0.717, 1.165) is 0 Å². The lowest BCUT2D eigenvalue weighted by Gasteiger charge is -2.37. The Labute approximate surface area is 99.9 Å². The van der Waals surface area contributed by atoms with Crippen molar-refractivity contribution in [1.29, 1.82) is 0 Å². The number of hydrogen-bond acceptors (Lipinski definition) is 5. The number of rotatable bonds is 2. The van der Waals surface area contributed by atoms with E-state index in [1.165, 1.54) is 26.0 Å². The molecule has 1 amide bonds. The van der Waals surface area contributed by atoms with Crippen molar-refractivity contribution in [2.24, 2.45) is 5.92 Å². The average molecular weight is 243 g/mol. The first-order chi connectivity index (χ1) is 8.02. The van der Waals surface area contributed by atoms with E-state index in [1.54, 1.807) is 0 Å². The molecule has 2 atom stereocenters. The van der Waals surface area contributed by atoms with E-state index in [1.807, 2.05) is 0 Å². The summed E-state index contributed by atoms with van der Waals surface area (Å²) in [5.74, 6) is -1.93. The van der Waals surface area contributed by atoms with Gasteiger partial charge in [-0.05, 0) is 12.8 Å². The van der Waals surface area contributed by atoms with Crippen molar-refractivity contribution in [3.8, 4) is 0 Å². The van der Waals surface area contributed by atoms with Gasteiger partial charge >= 0.3 is 11.9 Å². The first-order valence-electron chi connectivity index (χ1n) is 5.45. The molecule has 6 nitrogen and oxygen atoms in total. The van der Waals surface area contributed by atoms with Crippen molar-refractivity contribution in [2.75, 3.05) is 20.8 Å². The quantitative estimate of drug-likeness (QED) is 0.636. The Morgan fingerprint density at radius 2 is 1.71 bits per heavy atom. The SMILES string of the molecule is COC(=O)C1CCCN(C(C)=O)C1C(=O)OC. The third kappa shape index (κ3) is 2.75. The Morgan fingerprint density at radius 1 is 1.12 bits per heavy atom. The number of ether oxygens (including phenoxy) is 2. The molecular weight excluding hydrogens is 226 g/mol. The van der Waals surface area contributed by atoms with E-state index in [9.17, 15) is 14.4 Å². The number of carbonyl (C=O) groups excluding carboxylic acids is 3.